The van der Waals surface area contributed by atoms with Crippen molar-refractivity contribution in [3.63, 3.8) is 0 Å². The van der Waals surface area contributed by atoms with Crippen LogP contribution in [0.4, 0.5) is 17.1 Å². The standard InChI is InChI=1S/C46H28N2S2/c1-2-12-30(13-3-1)48-38-17-8-6-16-36(38)46-39(18-10-19-40(46)48)47(31-22-24-35-34-15-7-9-20-41(34)49-43(35)27-31)32-23-25-37-44(28-32)50-42-26-21-29-11-4-5-14-33(29)45(37)42/h1-28H. The predicted molar refractivity (Wildman–Crippen MR) is 219 cm³/mol. The van der Waals surface area contributed by atoms with Crippen molar-refractivity contribution in [2.45, 2.75) is 0 Å². The number of fused-ring (bicyclic) bond motifs is 11. The van der Waals surface area contributed by atoms with Crippen LogP contribution in [-0.4, -0.2) is 4.57 Å². The molecular weight excluding hydrogens is 645 g/mol. The Morgan fingerprint density at radius 3 is 1.88 bits per heavy atom. The lowest BCUT2D eigenvalue weighted by Crippen LogP contribution is -2.10. The number of rotatable bonds is 4. The Morgan fingerprint density at radius 2 is 1.02 bits per heavy atom. The van der Waals surface area contributed by atoms with Crippen LogP contribution in [0.25, 0.3) is 78.6 Å². The predicted octanol–water partition coefficient (Wildman–Crippen LogP) is 14.1. The summed E-state index contributed by atoms with van der Waals surface area (Å²) < 4.78 is 7.63. The molecule has 0 aliphatic carbocycles. The van der Waals surface area contributed by atoms with E-state index in [1.54, 1.807) is 0 Å². The van der Waals surface area contributed by atoms with Crippen LogP contribution in [0, 0.1) is 0 Å². The van der Waals surface area contributed by atoms with Gasteiger partial charge in [0.2, 0.25) is 0 Å². The van der Waals surface area contributed by atoms with Crippen LogP contribution in [-0.2, 0) is 0 Å². The van der Waals surface area contributed by atoms with Crippen LogP contribution < -0.4 is 4.90 Å². The van der Waals surface area contributed by atoms with E-state index in [1.807, 2.05) is 22.7 Å². The highest BCUT2D eigenvalue weighted by Crippen LogP contribution is 2.47. The van der Waals surface area contributed by atoms with Gasteiger partial charge in [0, 0.05) is 68.2 Å². The van der Waals surface area contributed by atoms with Gasteiger partial charge < -0.3 is 9.47 Å². The van der Waals surface area contributed by atoms with Crippen molar-refractivity contribution in [3.05, 3.63) is 170 Å². The lowest BCUT2D eigenvalue weighted by Gasteiger charge is -2.27. The molecule has 11 rings (SSSR count). The van der Waals surface area contributed by atoms with Crippen molar-refractivity contribution in [2.24, 2.45) is 0 Å². The van der Waals surface area contributed by atoms with E-state index in [0.717, 1.165) is 17.1 Å². The van der Waals surface area contributed by atoms with Crippen LogP contribution in [0.15, 0.2) is 170 Å². The first kappa shape index (κ1) is 28.0. The smallest absolute Gasteiger partial charge is 0.0562 e. The summed E-state index contributed by atoms with van der Waals surface area (Å²) in [5, 5.41) is 10.4. The highest BCUT2D eigenvalue weighted by molar-refractivity contribution is 7.26. The minimum atomic E-state index is 1.15. The molecular formula is C46H28N2S2. The number of nitrogens with zero attached hydrogens (tertiary/aromatic N) is 2. The molecule has 0 saturated carbocycles. The van der Waals surface area contributed by atoms with Crippen molar-refractivity contribution >= 4 is 113 Å². The summed E-state index contributed by atoms with van der Waals surface area (Å²) in [5.41, 5.74) is 7.02. The number of thiophene rings is 2. The van der Waals surface area contributed by atoms with E-state index in [-0.39, 0.29) is 0 Å². The second-order valence-corrected chi connectivity index (χ2v) is 15.1. The Bertz CT molecular complexity index is 3110. The Labute approximate surface area is 296 Å². The molecule has 0 bridgehead atoms. The van der Waals surface area contributed by atoms with Crippen LogP contribution in [0.5, 0.6) is 0 Å². The van der Waals surface area contributed by atoms with E-state index in [9.17, 15) is 0 Å². The molecule has 0 aliphatic heterocycles. The quantitative estimate of drug-likeness (QED) is 0.181. The Morgan fingerprint density at radius 1 is 0.380 bits per heavy atom. The summed E-state index contributed by atoms with van der Waals surface area (Å²) in [6.07, 6.45) is 0. The van der Waals surface area contributed by atoms with Gasteiger partial charge in [0.15, 0.2) is 0 Å². The first-order valence-corrected chi connectivity index (χ1v) is 18.6. The molecule has 0 N–H and O–H groups in total. The Balaban J connectivity index is 1.21. The van der Waals surface area contributed by atoms with Crippen molar-refractivity contribution in [2.75, 3.05) is 4.90 Å². The molecule has 8 aromatic carbocycles. The summed E-state index contributed by atoms with van der Waals surface area (Å²) in [4.78, 5) is 2.48. The lowest BCUT2D eigenvalue weighted by atomic mass is 10.0. The van der Waals surface area contributed by atoms with Crippen LogP contribution >= 0.6 is 22.7 Å². The molecule has 0 spiro atoms. The molecule has 234 valence electrons. The zero-order valence-corrected chi connectivity index (χ0v) is 28.5. The number of benzene rings is 8. The third-order valence-corrected chi connectivity index (χ3v) is 12.4. The van der Waals surface area contributed by atoms with Gasteiger partial charge in [-0.2, -0.15) is 0 Å². The molecule has 3 aromatic heterocycles. The van der Waals surface area contributed by atoms with Gasteiger partial charge in [-0.25, -0.2) is 0 Å². The molecule has 2 nitrogen and oxygen atoms in total. The molecule has 0 amide bonds. The van der Waals surface area contributed by atoms with Gasteiger partial charge in [-0.15, -0.1) is 22.7 Å². The molecule has 0 radical (unpaired) electrons. The summed E-state index contributed by atoms with van der Waals surface area (Å²) in [6.45, 7) is 0. The van der Waals surface area contributed by atoms with E-state index in [2.05, 4.69) is 179 Å². The van der Waals surface area contributed by atoms with Gasteiger partial charge >= 0.3 is 0 Å². The average Bonchev–Trinajstić information content (AvgIpc) is 3.84. The van der Waals surface area contributed by atoms with Crippen molar-refractivity contribution in [1.82, 2.24) is 4.57 Å². The SMILES string of the molecule is c1ccc(-n2c3ccccc3c3c(N(c4ccc5c(c4)sc4ccccc45)c4ccc5c(c4)sc4ccc6ccccc6c45)cccc32)cc1. The van der Waals surface area contributed by atoms with Gasteiger partial charge in [-0.05, 0) is 77.5 Å². The number of hydrogen-bond acceptors (Lipinski definition) is 3. The number of anilines is 3. The van der Waals surface area contributed by atoms with E-state index in [4.69, 9.17) is 0 Å². The second-order valence-electron chi connectivity index (χ2n) is 12.9. The molecule has 0 fully saturated rings. The van der Waals surface area contributed by atoms with E-state index >= 15 is 0 Å². The topological polar surface area (TPSA) is 8.17 Å². The van der Waals surface area contributed by atoms with Crippen LogP contribution in [0.2, 0.25) is 0 Å². The number of hydrogen-bond donors (Lipinski definition) is 0. The Hall–Kier alpha value is -5.94. The fourth-order valence-corrected chi connectivity index (χ4v) is 10.3. The van der Waals surface area contributed by atoms with Gasteiger partial charge in [0.1, 0.15) is 0 Å². The maximum absolute atomic E-state index is 2.48. The highest BCUT2D eigenvalue weighted by atomic mass is 32.1. The fourth-order valence-electron chi connectivity index (χ4n) is 8.00. The number of aromatic nitrogens is 1. The zero-order valence-electron chi connectivity index (χ0n) is 26.9. The maximum atomic E-state index is 2.48. The minimum absolute atomic E-state index is 1.15. The minimum Gasteiger partial charge on any atom is -0.310 e. The molecule has 0 saturated heterocycles. The van der Waals surface area contributed by atoms with E-state index < -0.39 is 0 Å². The molecule has 0 atom stereocenters. The molecule has 11 aromatic rings. The van der Waals surface area contributed by atoms with Crippen LogP contribution in [0.1, 0.15) is 0 Å². The summed E-state index contributed by atoms with van der Waals surface area (Å²) in [5.74, 6) is 0. The lowest BCUT2D eigenvalue weighted by molar-refractivity contribution is 1.18. The molecule has 0 unspecified atom stereocenters. The largest absolute Gasteiger partial charge is 0.310 e. The first-order chi connectivity index (χ1) is 24.8. The average molecular weight is 673 g/mol. The van der Waals surface area contributed by atoms with Crippen molar-refractivity contribution < 1.29 is 0 Å². The molecule has 50 heavy (non-hydrogen) atoms. The van der Waals surface area contributed by atoms with Crippen molar-refractivity contribution in [1.29, 1.82) is 0 Å². The number of para-hydroxylation sites is 2. The summed E-state index contributed by atoms with van der Waals surface area (Å²) >= 11 is 3.75. The Kier molecular flexibility index (Phi) is 6.03. The normalized spacial score (nSPS) is 12.0. The summed E-state index contributed by atoms with van der Waals surface area (Å²) in [6, 6.07) is 62.4. The molecule has 4 heteroatoms. The van der Waals surface area contributed by atoms with Crippen molar-refractivity contribution in [3.8, 4) is 5.69 Å². The monoisotopic (exact) mass is 672 g/mol. The highest BCUT2D eigenvalue weighted by Gasteiger charge is 2.22. The van der Waals surface area contributed by atoms with Gasteiger partial charge in [-0.3, -0.25) is 0 Å². The molecule has 0 aliphatic rings. The van der Waals surface area contributed by atoms with Crippen LogP contribution in [0.3, 0.4) is 0 Å². The summed E-state index contributed by atoms with van der Waals surface area (Å²) in [7, 11) is 0. The fraction of sp³-hybridized carbons (Fsp3) is 0. The molecule has 3 heterocycles. The first-order valence-electron chi connectivity index (χ1n) is 16.9. The maximum Gasteiger partial charge on any atom is 0.0562 e. The third-order valence-electron chi connectivity index (χ3n) is 10.2. The van der Waals surface area contributed by atoms with E-state index in [1.165, 1.54) is 78.6 Å². The van der Waals surface area contributed by atoms with E-state index in [0.29, 0.717) is 0 Å². The van der Waals surface area contributed by atoms with Gasteiger partial charge in [-0.1, -0.05) is 103 Å². The van der Waals surface area contributed by atoms with Gasteiger partial charge in [0.25, 0.3) is 0 Å². The zero-order chi connectivity index (χ0) is 32.8. The third kappa shape index (κ3) is 4.07. The second kappa shape index (κ2) is 10.8. The van der Waals surface area contributed by atoms with Gasteiger partial charge in [0.05, 0.1) is 16.7 Å².